The molecule has 3 rings (SSSR count). The molecule has 0 heterocycles. The normalized spacial score (nSPS) is 15.5. The Morgan fingerprint density at radius 3 is 1.96 bits per heavy atom. The lowest BCUT2D eigenvalue weighted by Gasteiger charge is -2.08. The maximum atomic E-state index is 12.7. The molecule has 0 spiro atoms. The van der Waals surface area contributed by atoms with Crippen molar-refractivity contribution in [3.8, 4) is 0 Å². The van der Waals surface area contributed by atoms with E-state index in [1.54, 1.807) is 60.7 Å². The van der Waals surface area contributed by atoms with E-state index in [2.05, 4.69) is 0 Å². The van der Waals surface area contributed by atoms with Crippen LogP contribution in [0.25, 0.3) is 5.76 Å². The molecule has 2 aromatic rings. The van der Waals surface area contributed by atoms with Gasteiger partial charge >= 0.3 is 0 Å². The summed E-state index contributed by atoms with van der Waals surface area (Å²) in [6.45, 7) is 0. The van der Waals surface area contributed by atoms with Gasteiger partial charge in [-0.2, -0.15) is 0 Å². The summed E-state index contributed by atoms with van der Waals surface area (Å²) in [7, 11) is 0. The molecule has 0 amide bonds. The van der Waals surface area contributed by atoms with Gasteiger partial charge in [-0.1, -0.05) is 60.7 Å². The third-order valence-corrected chi connectivity index (χ3v) is 3.67. The molecule has 2 aromatic carbocycles. The predicted molar refractivity (Wildman–Crippen MR) is 89.9 cm³/mol. The maximum Gasteiger partial charge on any atom is 0.270 e. The molecule has 24 heavy (non-hydrogen) atoms. The maximum absolute atomic E-state index is 12.7. The highest BCUT2D eigenvalue weighted by atomic mass is 16.6. The first kappa shape index (κ1) is 15.4. The highest BCUT2D eigenvalue weighted by Gasteiger charge is 2.28. The summed E-state index contributed by atoms with van der Waals surface area (Å²) < 4.78 is 0. The first-order valence-corrected chi connectivity index (χ1v) is 7.24. The zero-order valence-corrected chi connectivity index (χ0v) is 12.5. The number of carbonyl (C=O) groups excluding carboxylic acids is 1. The van der Waals surface area contributed by atoms with Crippen molar-refractivity contribution in [2.45, 2.75) is 0 Å². The van der Waals surface area contributed by atoms with Crippen LogP contribution in [0, 0.1) is 10.1 Å². The van der Waals surface area contributed by atoms with Crippen molar-refractivity contribution < 1.29 is 14.8 Å². The topological polar surface area (TPSA) is 80.4 Å². The van der Waals surface area contributed by atoms with Crippen LogP contribution in [0.3, 0.4) is 0 Å². The van der Waals surface area contributed by atoms with Crippen LogP contribution in [0.5, 0.6) is 0 Å². The molecule has 1 aliphatic carbocycles. The molecule has 1 N–H and O–H groups in total. The van der Waals surface area contributed by atoms with Crippen molar-refractivity contribution in [3.05, 3.63) is 111 Å². The summed E-state index contributed by atoms with van der Waals surface area (Å²) in [6.07, 6.45) is 2.42. The smallest absolute Gasteiger partial charge is 0.270 e. The Labute approximate surface area is 138 Å². The van der Waals surface area contributed by atoms with Gasteiger partial charge in [-0.15, -0.1) is 0 Å². The number of rotatable bonds is 4. The predicted octanol–water partition coefficient (Wildman–Crippen LogP) is 3.94. The molecule has 0 aliphatic heterocycles. The van der Waals surface area contributed by atoms with Gasteiger partial charge in [0.1, 0.15) is 5.76 Å². The highest BCUT2D eigenvalue weighted by Crippen LogP contribution is 2.32. The molecule has 0 atom stereocenters. The summed E-state index contributed by atoms with van der Waals surface area (Å²) in [5.74, 6) is -0.538. The van der Waals surface area contributed by atoms with Crippen molar-refractivity contribution in [1.29, 1.82) is 0 Å². The van der Waals surface area contributed by atoms with E-state index in [9.17, 15) is 20.0 Å². The van der Waals surface area contributed by atoms with Crippen molar-refractivity contribution >= 4 is 11.5 Å². The minimum atomic E-state index is -0.580. The Hall–Kier alpha value is -3.47. The van der Waals surface area contributed by atoms with E-state index >= 15 is 0 Å². The number of aliphatic hydroxyl groups excluding tert-OH is 1. The first-order chi connectivity index (χ1) is 11.6. The SMILES string of the molecule is O=C(C1=CC([N+](=O)[O-])=C/C1=C(/O)c1ccccc1)c1ccccc1. The Morgan fingerprint density at radius 1 is 0.875 bits per heavy atom. The number of hydrogen-bond donors (Lipinski definition) is 1. The highest BCUT2D eigenvalue weighted by molar-refractivity contribution is 6.14. The molecule has 0 unspecified atom stereocenters. The Morgan fingerprint density at radius 2 is 1.42 bits per heavy atom. The lowest BCUT2D eigenvalue weighted by atomic mass is 9.96. The van der Waals surface area contributed by atoms with Gasteiger partial charge in [0.15, 0.2) is 5.78 Å². The van der Waals surface area contributed by atoms with Gasteiger partial charge in [-0.3, -0.25) is 14.9 Å². The lowest BCUT2D eigenvalue weighted by Crippen LogP contribution is -2.05. The number of aliphatic hydroxyl groups is 1. The largest absolute Gasteiger partial charge is 0.507 e. The number of nitro groups is 1. The number of hydrogen-bond acceptors (Lipinski definition) is 4. The van der Waals surface area contributed by atoms with E-state index in [4.69, 9.17) is 0 Å². The van der Waals surface area contributed by atoms with Crippen LogP contribution >= 0.6 is 0 Å². The molecule has 0 saturated carbocycles. The fraction of sp³-hybridized carbons (Fsp3) is 0. The Bertz CT molecular complexity index is 893. The van der Waals surface area contributed by atoms with Crippen molar-refractivity contribution in [3.63, 3.8) is 0 Å². The van der Waals surface area contributed by atoms with E-state index in [1.807, 2.05) is 0 Å². The van der Waals surface area contributed by atoms with E-state index in [-0.39, 0.29) is 28.4 Å². The van der Waals surface area contributed by atoms with E-state index in [0.717, 1.165) is 0 Å². The molecular weight excluding hydrogens is 306 g/mol. The van der Waals surface area contributed by atoms with E-state index in [0.29, 0.717) is 11.1 Å². The standard InChI is InChI=1S/C19H13NO4/c21-18(13-7-3-1-4-8-13)16-11-15(20(23)24)12-17(16)19(22)14-9-5-2-6-10-14/h1-12,21H/b18-16-. The van der Waals surface area contributed by atoms with Crippen LogP contribution < -0.4 is 0 Å². The van der Waals surface area contributed by atoms with E-state index in [1.165, 1.54) is 12.2 Å². The van der Waals surface area contributed by atoms with Crippen LogP contribution in [0.4, 0.5) is 0 Å². The minimum absolute atomic E-state index is 0.106. The number of allylic oxidation sites excluding steroid dienone is 4. The summed E-state index contributed by atoms with van der Waals surface area (Å²) in [4.78, 5) is 23.2. The monoisotopic (exact) mass is 319 g/mol. The van der Waals surface area contributed by atoms with Crippen molar-refractivity contribution in [1.82, 2.24) is 0 Å². The molecule has 0 saturated heterocycles. The minimum Gasteiger partial charge on any atom is -0.507 e. The second-order valence-electron chi connectivity index (χ2n) is 5.21. The quantitative estimate of drug-likeness (QED) is 0.400. The lowest BCUT2D eigenvalue weighted by molar-refractivity contribution is -0.418. The number of nitrogens with zero attached hydrogens (tertiary/aromatic N) is 1. The fourth-order valence-electron chi connectivity index (χ4n) is 2.48. The van der Waals surface area contributed by atoms with Gasteiger partial charge < -0.3 is 5.11 Å². The molecule has 0 aromatic heterocycles. The summed E-state index contributed by atoms with van der Waals surface area (Å²) in [5.41, 5.74) is 0.919. The number of benzene rings is 2. The van der Waals surface area contributed by atoms with Gasteiger partial charge in [0.05, 0.1) is 4.92 Å². The second kappa shape index (κ2) is 6.34. The number of Topliss-reactive ketones (excluding diaryl/α,β-unsaturated/α-hetero) is 1. The number of ketones is 1. The Balaban J connectivity index is 2.11. The molecule has 118 valence electrons. The van der Waals surface area contributed by atoms with Gasteiger partial charge in [-0.05, 0) is 0 Å². The fourth-order valence-corrected chi connectivity index (χ4v) is 2.48. The molecule has 5 heteroatoms. The molecule has 1 aliphatic rings. The van der Waals surface area contributed by atoms with Crippen LogP contribution in [-0.2, 0) is 0 Å². The van der Waals surface area contributed by atoms with Crippen LogP contribution in [0.15, 0.2) is 89.7 Å². The molecule has 0 radical (unpaired) electrons. The van der Waals surface area contributed by atoms with E-state index < -0.39 is 4.92 Å². The average Bonchev–Trinajstić information content (AvgIpc) is 3.07. The number of carbonyl (C=O) groups is 1. The van der Waals surface area contributed by atoms with Gasteiger partial charge in [-0.25, -0.2) is 0 Å². The summed E-state index contributed by atoms with van der Waals surface area (Å²) in [6, 6.07) is 17.1. The van der Waals surface area contributed by atoms with Gasteiger partial charge in [0.2, 0.25) is 0 Å². The Kier molecular flexibility index (Phi) is 4.07. The molecular formula is C19H13NO4. The zero-order chi connectivity index (χ0) is 17.1. The molecule has 0 bridgehead atoms. The third-order valence-electron chi connectivity index (χ3n) is 3.67. The summed E-state index contributed by atoms with van der Waals surface area (Å²) >= 11 is 0. The van der Waals surface area contributed by atoms with Gasteiger partial charge in [0.25, 0.3) is 5.70 Å². The van der Waals surface area contributed by atoms with Crippen LogP contribution in [0.1, 0.15) is 15.9 Å². The average molecular weight is 319 g/mol. The van der Waals surface area contributed by atoms with Crippen LogP contribution in [-0.4, -0.2) is 15.8 Å². The molecule has 5 nitrogen and oxygen atoms in total. The second-order valence-corrected chi connectivity index (χ2v) is 5.21. The first-order valence-electron chi connectivity index (χ1n) is 7.24. The summed E-state index contributed by atoms with van der Waals surface area (Å²) in [5, 5.41) is 21.6. The third kappa shape index (κ3) is 2.87. The van der Waals surface area contributed by atoms with Crippen LogP contribution in [0.2, 0.25) is 0 Å². The zero-order valence-electron chi connectivity index (χ0n) is 12.5. The van der Waals surface area contributed by atoms with Gasteiger partial charge in [0, 0.05) is 34.4 Å². The van der Waals surface area contributed by atoms with Crippen molar-refractivity contribution in [2.24, 2.45) is 0 Å². The van der Waals surface area contributed by atoms with Crippen molar-refractivity contribution in [2.75, 3.05) is 0 Å². The molecule has 0 fully saturated rings.